The maximum absolute atomic E-state index is 12.4. The minimum absolute atomic E-state index is 0.0997. The van der Waals surface area contributed by atoms with Crippen molar-refractivity contribution < 1.29 is 23.1 Å². The number of aromatic carboxylic acids is 1. The van der Waals surface area contributed by atoms with Crippen LogP contribution in [-0.4, -0.2) is 26.1 Å². The molecule has 2 rings (SSSR count). The highest BCUT2D eigenvalue weighted by Crippen LogP contribution is 2.22. The van der Waals surface area contributed by atoms with E-state index in [1.165, 1.54) is 30.3 Å². The molecule has 23 heavy (non-hydrogen) atoms. The van der Waals surface area contributed by atoms with Gasteiger partial charge in [-0.05, 0) is 61.9 Å². The van der Waals surface area contributed by atoms with Gasteiger partial charge >= 0.3 is 5.97 Å². The number of sulfonamides is 1. The number of benzene rings is 2. The SMILES string of the molecule is CCOc1ccc(S(=O)(=O)Nc2ccc(C(=O)O)cc2C)cc1. The molecule has 2 aromatic carbocycles. The molecule has 0 aliphatic rings. The van der Waals surface area contributed by atoms with Crippen LogP contribution in [0.4, 0.5) is 5.69 Å². The van der Waals surface area contributed by atoms with Crippen molar-refractivity contribution in [1.29, 1.82) is 0 Å². The number of rotatable bonds is 6. The molecular weight excluding hydrogens is 318 g/mol. The molecule has 0 unspecified atom stereocenters. The number of carboxylic acid groups (broad SMARTS) is 1. The van der Waals surface area contributed by atoms with Gasteiger partial charge in [-0.3, -0.25) is 4.72 Å². The second-order valence-corrected chi connectivity index (χ2v) is 6.53. The number of anilines is 1. The molecule has 2 aromatic rings. The number of nitrogens with one attached hydrogen (secondary N) is 1. The van der Waals surface area contributed by atoms with Gasteiger partial charge < -0.3 is 9.84 Å². The molecule has 0 heterocycles. The quantitative estimate of drug-likeness (QED) is 0.847. The van der Waals surface area contributed by atoms with Crippen LogP contribution >= 0.6 is 0 Å². The smallest absolute Gasteiger partial charge is 0.335 e. The first-order chi connectivity index (χ1) is 10.8. The first-order valence-corrected chi connectivity index (χ1v) is 8.41. The molecule has 0 radical (unpaired) electrons. The van der Waals surface area contributed by atoms with Crippen molar-refractivity contribution in [2.45, 2.75) is 18.7 Å². The van der Waals surface area contributed by atoms with Crippen molar-refractivity contribution >= 4 is 21.7 Å². The van der Waals surface area contributed by atoms with Crippen molar-refractivity contribution in [3.05, 3.63) is 53.6 Å². The molecule has 2 N–H and O–H groups in total. The largest absolute Gasteiger partial charge is 0.494 e. The van der Waals surface area contributed by atoms with Crippen LogP contribution < -0.4 is 9.46 Å². The van der Waals surface area contributed by atoms with E-state index in [9.17, 15) is 13.2 Å². The zero-order valence-electron chi connectivity index (χ0n) is 12.7. The fourth-order valence-electron chi connectivity index (χ4n) is 2.00. The number of carbonyl (C=O) groups is 1. The third-order valence-electron chi connectivity index (χ3n) is 3.16. The summed E-state index contributed by atoms with van der Waals surface area (Å²) in [7, 11) is -3.75. The number of hydrogen-bond acceptors (Lipinski definition) is 4. The summed E-state index contributed by atoms with van der Waals surface area (Å²) < 4.78 is 32.5. The van der Waals surface area contributed by atoms with E-state index in [1.807, 2.05) is 6.92 Å². The zero-order chi connectivity index (χ0) is 17.0. The van der Waals surface area contributed by atoms with Crippen molar-refractivity contribution in [2.24, 2.45) is 0 Å². The van der Waals surface area contributed by atoms with Crippen LogP contribution in [0, 0.1) is 6.92 Å². The van der Waals surface area contributed by atoms with Crippen LogP contribution in [0.15, 0.2) is 47.4 Å². The molecule has 7 heteroatoms. The van der Waals surface area contributed by atoms with Crippen molar-refractivity contribution in [2.75, 3.05) is 11.3 Å². The lowest BCUT2D eigenvalue weighted by atomic mass is 10.1. The average Bonchev–Trinajstić information content (AvgIpc) is 2.50. The molecule has 122 valence electrons. The fraction of sp³-hybridized carbons (Fsp3) is 0.188. The standard InChI is InChI=1S/C16H17NO5S/c1-3-22-13-5-7-14(8-6-13)23(20,21)17-15-9-4-12(16(18)19)10-11(15)2/h4-10,17H,3H2,1-2H3,(H,18,19). The number of aryl methyl sites for hydroxylation is 1. The van der Waals surface area contributed by atoms with Gasteiger partial charge in [0.25, 0.3) is 10.0 Å². The Morgan fingerprint density at radius 3 is 2.35 bits per heavy atom. The molecule has 0 bridgehead atoms. The summed E-state index contributed by atoms with van der Waals surface area (Å²) in [5.41, 5.74) is 0.967. The Hall–Kier alpha value is -2.54. The predicted octanol–water partition coefficient (Wildman–Crippen LogP) is 2.89. The molecule has 0 saturated heterocycles. The molecular formula is C16H17NO5S. The van der Waals surface area contributed by atoms with Gasteiger partial charge in [0.15, 0.2) is 0 Å². The van der Waals surface area contributed by atoms with Crippen molar-refractivity contribution in [3.8, 4) is 5.75 Å². The Balaban J connectivity index is 2.25. The van der Waals surface area contributed by atoms with Crippen molar-refractivity contribution in [3.63, 3.8) is 0 Å². The van der Waals surface area contributed by atoms with Gasteiger partial charge in [-0.1, -0.05) is 0 Å². The Bertz CT molecular complexity index is 813. The summed E-state index contributed by atoms with van der Waals surface area (Å²) in [6, 6.07) is 10.3. The van der Waals surface area contributed by atoms with Gasteiger partial charge in [0.05, 0.1) is 22.8 Å². The lowest BCUT2D eigenvalue weighted by Gasteiger charge is -2.11. The molecule has 0 aliphatic carbocycles. The van der Waals surface area contributed by atoms with Crippen LogP contribution in [0.1, 0.15) is 22.8 Å². The van der Waals surface area contributed by atoms with E-state index in [0.29, 0.717) is 23.6 Å². The Morgan fingerprint density at radius 1 is 1.17 bits per heavy atom. The monoisotopic (exact) mass is 335 g/mol. The van der Waals surface area contributed by atoms with E-state index in [2.05, 4.69) is 4.72 Å². The first-order valence-electron chi connectivity index (χ1n) is 6.93. The van der Waals surface area contributed by atoms with Crippen molar-refractivity contribution in [1.82, 2.24) is 0 Å². The van der Waals surface area contributed by atoms with Gasteiger partial charge in [0, 0.05) is 0 Å². The van der Waals surface area contributed by atoms with E-state index in [1.54, 1.807) is 19.1 Å². The van der Waals surface area contributed by atoms with E-state index < -0.39 is 16.0 Å². The molecule has 0 spiro atoms. The van der Waals surface area contributed by atoms with Gasteiger partial charge in [0.1, 0.15) is 5.75 Å². The summed E-state index contributed by atoms with van der Waals surface area (Å²) in [5, 5.41) is 8.93. The molecule has 0 aromatic heterocycles. The van der Waals surface area contributed by atoms with Gasteiger partial charge in [-0.25, -0.2) is 13.2 Å². The normalized spacial score (nSPS) is 11.0. The summed E-state index contributed by atoms with van der Waals surface area (Å²) in [4.78, 5) is 11.0. The third kappa shape index (κ3) is 4.01. The Kier molecular flexibility index (Phi) is 4.90. The molecule has 0 amide bonds. The minimum Gasteiger partial charge on any atom is -0.494 e. The second kappa shape index (κ2) is 6.70. The van der Waals surface area contributed by atoms with Gasteiger partial charge in [-0.15, -0.1) is 0 Å². The average molecular weight is 335 g/mol. The Labute approximate surface area is 134 Å². The molecule has 0 saturated carbocycles. The lowest BCUT2D eigenvalue weighted by Crippen LogP contribution is -2.14. The topological polar surface area (TPSA) is 92.7 Å². The summed E-state index contributed by atoms with van der Waals surface area (Å²) >= 11 is 0. The van der Waals surface area contributed by atoms with Crippen LogP contribution in [0.25, 0.3) is 0 Å². The van der Waals surface area contributed by atoms with E-state index in [0.717, 1.165) is 0 Å². The molecule has 0 aliphatic heterocycles. The highest BCUT2D eigenvalue weighted by atomic mass is 32.2. The summed E-state index contributed by atoms with van der Waals surface area (Å²) in [6.07, 6.45) is 0. The molecule has 0 atom stereocenters. The molecule has 0 fully saturated rings. The van der Waals surface area contributed by atoms with E-state index in [4.69, 9.17) is 9.84 Å². The highest BCUT2D eigenvalue weighted by molar-refractivity contribution is 7.92. The van der Waals surface area contributed by atoms with E-state index >= 15 is 0 Å². The van der Waals surface area contributed by atoms with Crippen LogP contribution in [0.3, 0.4) is 0 Å². The number of hydrogen-bond donors (Lipinski definition) is 2. The number of ether oxygens (including phenoxy) is 1. The van der Waals surface area contributed by atoms with Crippen LogP contribution in [0.5, 0.6) is 5.75 Å². The van der Waals surface area contributed by atoms with Gasteiger partial charge in [0.2, 0.25) is 0 Å². The predicted molar refractivity (Wildman–Crippen MR) is 86.6 cm³/mol. The van der Waals surface area contributed by atoms with Crippen LogP contribution in [0.2, 0.25) is 0 Å². The van der Waals surface area contributed by atoms with Gasteiger partial charge in [-0.2, -0.15) is 0 Å². The summed E-state index contributed by atoms with van der Waals surface area (Å²) in [6.45, 7) is 3.98. The highest BCUT2D eigenvalue weighted by Gasteiger charge is 2.16. The fourth-order valence-corrected chi connectivity index (χ4v) is 3.13. The maximum Gasteiger partial charge on any atom is 0.335 e. The second-order valence-electron chi connectivity index (χ2n) is 4.84. The molecule has 6 nitrogen and oxygen atoms in total. The third-order valence-corrected chi connectivity index (χ3v) is 4.54. The number of carboxylic acids is 1. The van der Waals surface area contributed by atoms with E-state index in [-0.39, 0.29) is 10.5 Å². The Morgan fingerprint density at radius 2 is 1.83 bits per heavy atom. The maximum atomic E-state index is 12.4. The zero-order valence-corrected chi connectivity index (χ0v) is 13.6. The van der Waals surface area contributed by atoms with Crippen LogP contribution in [-0.2, 0) is 10.0 Å². The summed E-state index contributed by atoms with van der Waals surface area (Å²) in [5.74, 6) is -0.470. The first kappa shape index (κ1) is 16.8. The minimum atomic E-state index is -3.75. The lowest BCUT2D eigenvalue weighted by molar-refractivity contribution is 0.0697.